The smallest absolute Gasteiger partial charge is 0.106 e. The Morgan fingerprint density at radius 3 is 2.11 bits per heavy atom. The van der Waals surface area contributed by atoms with E-state index in [2.05, 4.69) is 0 Å². The van der Waals surface area contributed by atoms with Gasteiger partial charge in [-0.1, -0.05) is 19.3 Å². The quantitative estimate of drug-likeness (QED) is 0.498. The van der Waals surface area contributed by atoms with Gasteiger partial charge in [0.1, 0.15) is 5.78 Å². The topological polar surface area (TPSA) is 34.1 Å². The molecule has 0 aromatic heterocycles. The normalized spacial score (nSPS) is 11.3. The second-order valence-corrected chi connectivity index (χ2v) is 1.69. The first-order valence-electron chi connectivity index (χ1n) is 2.60. The van der Waals surface area contributed by atoms with Crippen LogP contribution in [0.15, 0.2) is 0 Å². The van der Waals surface area contributed by atoms with Crippen molar-refractivity contribution < 1.29 is 42.3 Å². The van der Waals surface area contributed by atoms with Crippen molar-refractivity contribution in [3.05, 3.63) is 0 Å². The summed E-state index contributed by atoms with van der Waals surface area (Å²) in [5, 5.41) is 0. The van der Waals surface area contributed by atoms with Crippen LogP contribution in [0.5, 0.6) is 0 Å². The van der Waals surface area contributed by atoms with Crippen molar-refractivity contribution in [3.8, 4) is 0 Å². The van der Waals surface area contributed by atoms with Crippen molar-refractivity contribution in [1.82, 2.24) is 0 Å². The van der Waals surface area contributed by atoms with Crippen LogP contribution in [0.1, 0.15) is 20.3 Å². The average Bonchev–Trinajstić information content (AvgIpc) is 1.69. The Bertz CT molecular complexity index is 101. The Kier molecular flexibility index (Phi) is 8.86. The summed E-state index contributed by atoms with van der Waals surface area (Å²) in [5.41, 5.74) is 0. The summed E-state index contributed by atoms with van der Waals surface area (Å²) in [6.07, 6.45) is 2.22. The van der Waals surface area contributed by atoms with Gasteiger partial charge in [-0.2, -0.15) is 0 Å². The first-order valence-corrected chi connectivity index (χ1v) is 2.60. The van der Waals surface area contributed by atoms with Crippen LogP contribution in [0.2, 0.25) is 0 Å². The maximum Gasteiger partial charge on any atom is 0.106 e. The van der Waals surface area contributed by atoms with Crippen LogP contribution in [0.25, 0.3) is 0 Å². The van der Waals surface area contributed by atoms with E-state index in [1.165, 1.54) is 6.92 Å². The summed E-state index contributed by atoms with van der Waals surface area (Å²) in [4.78, 5) is 20.2. The molecule has 9 heavy (non-hydrogen) atoms. The third kappa shape index (κ3) is 4.92. The summed E-state index contributed by atoms with van der Waals surface area (Å²) in [5.74, 6) is -0.586. The van der Waals surface area contributed by atoms with Gasteiger partial charge in [0.2, 0.25) is 0 Å². The maximum absolute atomic E-state index is 10.3. The molecule has 0 aliphatic heterocycles. The van der Waals surface area contributed by atoms with Crippen LogP contribution in [0, 0.1) is 5.92 Å². The van der Waals surface area contributed by atoms with Gasteiger partial charge in [-0.3, -0.25) is 6.29 Å². The molecule has 0 spiro atoms. The third-order valence-corrected chi connectivity index (χ3v) is 1.04. The van der Waals surface area contributed by atoms with E-state index >= 15 is 0 Å². The van der Waals surface area contributed by atoms with Gasteiger partial charge in [0, 0.05) is 32.7 Å². The van der Waals surface area contributed by atoms with Gasteiger partial charge in [-0.25, -0.2) is 0 Å². The molecular weight excluding hydrogens is 193 g/mol. The van der Waals surface area contributed by atoms with E-state index in [4.69, 9.17) is 0 Å². The van der Waals surface area contributed by atoms with Gasteiger partial charge in [-0.15, -0.1) is 0 Å². The molecule has 1 unspecified atom stereocenters. The zero-order valence-electron chi connectivity index (χ0n) is 5.68. The first kappa shape index (κ1) is 12.2. The van der Waals surface area contributed by atoms with Gasteiger partial charge in [-0.05, 0) is 6.92 Å². The molecule has 0 aliphatic carbocycles. The van der Waals surface area contributed by atoms with Crippen LogP contribution >= 0.6 is 0 Å². The zero-order valence-corrected chi connectivity index (χ0v) is 8.52. The molecule has 2 nitrogen and oxygen atoms in total. The van der Waals surface area contributed by atoms with E-state index in [1.807, 2.05) is 0 Å². The van der Waals surface area contributed by atoms with Crippen LogP contribution in [-0.4, -0.2) is 12.1 Å². The average molecular weight is 202 g/mol. The molecule has 1 atom stereocenters. The van der Waals surface area contributed by atoms with Crippen molar-refractivity contribution in [3.63, 3.8) is 0 Å². The first-order chi connectivity index (χ1) is 3.72. The molecule has 49 valence electrons. The van der Waals surface area contributed by atoms with E-state index in [1.54, 1.807) is 13.2 Å². The molecule has 0 saturated carbocycles. The largest absolute Gasteiger partial charge is 0.541 e. The van der Waals surface area contributed by atoms with Crippen LogP contribution in [-0.2, 0) is 42.3 Å². The molecule has 0 amide bonds. The van der Waals surface area contributed by atoms with E-state index < -0.39 is 5.92 Å². The maximum atomic E-state index is 10.3. The molecule has 0 aromatic carbocycles. The molecule has 0 aromatic rings. The summed E-state index contributed by atoms with van der Waals surface area (Å²) in [7, 11) is 0. The fourth-order valence-electron chi connectivity index (χ4n) is 0.454. The van der Waals surface area contributed by atoms with Crippen LogP contribution < -0.4 is 0 Å². The minimum Gasteiger partial charge on any atom is -0.541 e. The van der Waals surface area contributed by atoms with Crippen LogP contribution in [0.4, 0.5) is 0 Å². The minimum atomic E-state index is -0.491. The zero-order chi connectivity index (χ0) is 6.57. The SMILES string of the molecule is CCC([C-]=O)C(C)=O.[Y]. The molecule has 0 rings (SSSR count). The van der Waals surface area contributed by atoms with Gasteiger partial charge >= 0.3 is 0 Å². The standard InChI is InChI=1S/C6H9O2.Y/c1-3-6(4-7)5(2)8;/h6H,3H2,1-2H3;/q-1;. The predicted molar refractivity (Wildman–Crippen MR) is 30.2 cm³/mol. The summed E-state index contributed by atoms with van der Waals surface area (Å²) in [6, 6.07) is 0. The van der Waals surface area contributed by atoms with Crippen molar-refractivity contribution in [2.45, 2.75) is 20.3 Å². The van der Waals surface area contributed by atoms with Crippen molar-refractivity contribution in [2.24, 2.45) is 5.92 Å². The van der Waals surface area contributed by atoms with E-state index in [9.17, 15) is 9.59 Å². The number of carbonyl (C=O) groups is 1. The Morgan fingerprint density at radius 2 is 2.11 bits per heavy atom. The van der Waals surface area contributed by atoms with Gasteiger partial charge in [0.25, 0.3) is 0 Å². The Hall–Kier alpha value is 0.444. The van der Waals surface area contributed by atoms with E-state index in [0.29, 0.717) is 6.42 Å². The number of ketones is 1. The summed E-state index contributed by atoms with van der Waals surface area (Å²) in [6.45, 7) is 3.19. The van der Waals surface area contributed by atoms with E-state index in [-0.39, 0.29) is 38.5 Å². The van der Waals surface area contributed by atoms with Crippen molar-refractivity contribution in [2.75, 3.05) is 0 Å². The summed E-state index contributed by atoms with van der Waals surface area (Å²) >= 11 is 0. The molecule has 0 aliphatic rings. The number of hydrogen-bond acceptors (Lipinski definition) is 2. The second kappa shape index (κ2) is 6.56. The molecule has 1 radical (unpaired) electrons. The van der Waals surface area contributed by atoms with Gasteiger partial charge in [0.15, 0.2) is 0 Å². The number of hydrogen-bond donors (Lipinski definition) is 0. The minimum absolute atomic E-state index is 0. The van der Waals surface area contributed by atoms with Crippen molar-refractivity contribution in [1.29, 1.82) is 0 Å². The number of carbonyl (C=O) groups excluding carboxylic acids is 2. The fraction of sp³-hybridized carbons (Fsp3) is 0.667. The molecule has 3 heteroatoms. The predicted octanol–water partition coefficient (Wildman–Crippen LogP) is 0.709. The second-order valence-electron chi connectivity index (χ2n) is 1.69. The molecule has 0 heterocycles. The fourth-order valence-corrected chi connectivity index (χ4v) is 0.454. The van der Waals surface area contributed by atoms with Crippen molar-refractivity contribution >= 4 is 12.1 Å². The Balaban J connectivity index is 0. The van der Waals surface area contributed by atoms with Crippen LogP contribution in [0.3, 0.4) is 0 Å². The molecule has 0 fully saturated rings. The van der Waals surface area contributed by atoms with Gasteiger partial charge < -0.3 is 9.59 Å². The van der Waals surface area contributed by atoms with E-state index in [0.717, 1.165) is 0 Å². The third-order valence-electron chi connectivity index (χ3n) is 1.04. The number of Topliss-reactive ketones (excluding diaryl/α,β-unsaturated/α-hetero) is 1. The Morgan fingerprint density at radius 1 is 1.67 bits per heavy atom. The monoisotopic (exact) mass is 202 g/mol. The van der Waals surface area contributed by atoms with Gasteiger partial charge in [0.05, 0.1) is 0 Å². The summed E-state index contributed by atoms with van der Waals surface area (Å²) < 4.78 is 0. The molecule has 0 bridgehead atoms. The molecular formula is C6H9O2Y-. The molecule has 0 saturated heterocycles. The molecule has 0 N–H and O–H groups in total. The number of rotatable bonds is 3. The Labute approximate surface area is 80.3 Å².